The normalized spacial score (nSPS) is 10.3. The van der Waals surface area contributed by atoms with Gasteiger partial charge in [0, 0.05) is 16.8 Å². The van der Waals surface area contributed by atoms with Gasteiger partial charge < -0.3 is 0 Å². The van der Waals surface area contributed by atoms with Crippen molar-refractivity contribution in [3.05, 3.63) is 28.8 Å². The molecule has 1 aromatic rings. The smallest absolute Gasteiger partial charge is 0.258 e. The SMILES string of the molecule is Cc1ncc(F)c(CC#N)c1C(F)F. The molecular weight excluding hydrogens is 193 g/mol. The molecule has 74 valence electrons. The van der Waals surface area contributed by atoms with Gasteiger partial charge >= 0.3 is 0 Å². The maximum absolute atomic E-state index is 13.0. The van der Waals surface area contributed by atoms with Crippen molar-refractivity contribution in [1.82, 2.24) is 4.98 Å². The van der Waals surface area contributed by atoms with Gasteiger partial charge in [-0.3, -0.25) is 4.98 Å². The third-order valence-electron chi connectivity index (χ3n) is 1.85. The molecule has 0 unspecified atom stereocenters. The summed E-state index contributed by atoms with van der Waals surface area (Å²) in [5.74, 6) is -0.854. The Labute approximate surface area is 79.0 Å². The van der Waals surface area contributed by atoms with Crippen LogP contribution in [0.2, 0.25) is 0 Å². The molecule has 0 amide bonds. The number of nitrogens with zero attached hydrogens (tertiary/aromatic N) is 2. The quantitative estimate of drug-likeness (QED) is 0.735. The van der Waals surface area contributed by atoms with E-state index in [4.69, 9.17) is 5.26 Å². The third kappa shape index (κ3) is 1.84. The number of aromatic nitrogens is 1. The fraction of sp³-hybridized carbons (Fsp3) is 0.333. The first-order valence-corrected chi connectivity index (χ1v) is 3.87. The van der Waals surface area contributed by atoms with Crippen molar-refractivity contribution >= 4 is 0 Å². The van der Waals surface area contributed by atoms with Gasteiger partial charge in [0.15, 0.2) is 0 Å². The van der Waals surface area contributed by atoms with E-state index in [9.17, 15) is 13.2 Å². The monoisotopic (exact) mass is 200 g/mol. The lowest BCUT2D eigenvalue weighted by molar-refractivity contribution is 0.148. The van der Waals surface area contributed by atoms with Crippen molar-refractivity contribution in [1.29, 1.82) is 5.26 Å². The molecule has 0 aliphatic rings. The summed E-state index contributed by atoms with van der Waals surface area (Å²) < 4.78 is 38.0. The molecule has 0 fully saturated rings. The molecule has 14 heavy (non-hydrogen) atoms. The first-order valence-electron chi connectivity index (χ1n) is 3.87. The largest absolute Gasteiger partial charge is 0.265 e. The average Bonchev–Trinajstić information content (AvgIpc) is 2.11. The molecule has 1 rings (SSSR count). The van der Waals surface area contributed by atoms with E-state index in [1.54, 1.807) is 6.07 Å². The van der Waals surface area contributed by atoms with E-state index in [1.807, 2.05) is 0 Å². The number of alkyl halides is 2. The molecule has 0 atom stereocenters. The molecule has 1 aromatic heterocycles. The van der Waals surface area contributed by atoms with Crippen LogP contribution in [0.25, 0.3) is 0 Å². The van der Waals surface area contributed by atoms with Crippen LogP contribution < -0.4 is 0 Å². The summed E-state index contributed by atoms with van der Waals surface area (Å²) in [5.41, 5.74) is -0.659. The number of aryl methyl sites for hydroxylation is 1. The van der Waals surface area contributed by atoms with E-state index >= 15 is 0 Å². The number of pyridine rings is 1. The summed E-state index contributed by atoms with van der Waals surface area (Å²) in [4.78, 5) is 3.48. The summed E-state index contributed by atoms with van der Waals surface area (Å²) in [5, 5.41) is 8.36. The molecule has 5 heteroatoms. The molecule has 0 spiro atoms. The summed E-state index contributed by atoms with van der Waals surface area (Å²) in [6.07, 6.45) is -2.32. The van der Waals surface area contributed by atoms with Gasteiger partial charge in [-0.25, -0.2) is 13.2 Å². The minimum absolute atomic E-state index is 0.0617. The topological polar surface area (TPSA) is 36.7 Å². The molecule has 0 aliphatic carbocycles. The highest BCUT2D eigenvalue weighted by molar-refractivity contribution is 5.33. The predicted molar refractivity (Wildman–Crippen MR) is 43.2 cm³/mol. The van der Waals surface area contributed by atoms with E-state index in [2.05, 4.69) is 4.98 Å². The van der Waals surface area contributed by atoms with Crippen LogP contribution in [0, 0.1) is 24.1 Å². The van der Waals surface area contributed by atoms with Crippen LogP contribution in [0.15, 0.2) is 6.20 Å². The van der Waals surface area contributed by atoms with Gasteiger partial charge in [0.05, 0.1) is 18.7 Å². The zero-order chi connectivity index (χ0) is 10.7. The standard InChI is InChI=1S/C9H7F3N2/c1-5-8(9(11)12)6(2-3-13)7(10)4-14-5/h4,9H,2H2,1H3. The zero-order valence-corrected chi connectivity index (χ0v) is 7.39. The Balaban J connectivity index is 3.35. The molecule has 0 N–H and O–H groups in total. The summed E-state index contributed by atoms with van der Waals surface area (Å²) in [6, 6.07) is 1.65. The molecule has 0 radical (unpaired) electrons. The molecule has 0 saturated carbocycles. The highest BCUT2D eigenvalue weighted by atomic mass is 19.3. The van der Waals surface area contributed by atoms with Gasteiger partial charge in [-0.2, -0.15) is 5.26 Å². The first-order chi connectivity index (χ1) is 6.57. The van der Waals surface area contributed by atoms with Crippen LogP contribution in [0.1, 0.15) is 23.2 Å². The van der Waals surface area contributed by atoms with Crippen LogP contribution in [-0.4, -0.2) is 4.98 Å². The van der Waals surface area contributed by atoms with Crippen molar-refractivity contribution < 1.29 is 13.2 Å². The fourth-order valence-electron chi connectivity index (χ4n) is 1.20. The second-order valence-corrected chi connectivity index (χ2v) is 2.72. The van der Waals surface area contributed by atoms with Crippen LogP contribution in [0.5, 0.6) is 0 Å². The van der Waals surface area contributed by atoms with E-state index in [1.165, 1.54) is 6.92 Å². The van der Waals surface area contributed by atoms with Gasteiger partial charge in [0.2, 0.25) is 0 Å². The van der Waals surface area contributed by atoms with Crippen molar-refractivity contribution in [3.63, 3.8) is 0 Å². The Hall–Kier alpha value is -1.57. The summed E-state index contributed by atoms with van der Waals surface area (Å²) in [6.45, 7) is 1.36. The minimum atomic E-state index is -2.80. The fourth-order valence-corrected chi connectivity index (χ4v) is 1.20. The maximum Gasteiger partial charge on any atom is 0.265 e. The Morgan fingerprint density at radius 2 is 2.21 bits per heavy atom. The van der Waals surface area contributed by atoms with E-state index in [0.29, 0.717) is 0 Å². The minimum Gasteiger partial charge on any atom is -0.258 e. The number of nitriles is 1. The molecule has 1 heterocycles. The lowest BCUT2D eigenvalue weighted by Gasteiger charge is -2.09. The number of hydrogen-bond acceptors (Lipinski definition) is 2. The molecule has 0 saturated heterocycles. The zero-order valence-electron chi connectivity index (χ0n) is 7.39. The van der Waals surface area contributed by atoms with Gasteiger partial charge in [-0.15, -0.1) is 0 Å². The van der Waals surface area contributed by atoms with Crippen LogP contribution in [-0.2, 0) is 6.42 Å². The van der Waals surface area contributed by atoms with Crippen LogP contribution in [0.4, 0.5) is 13.2 Å². The lowest BCUT2D eigenvalue weighted by atomic mass is 10.0. The summed E-state index contributed by atoms with van der Waals surface area (Å²) >= 11 is 0. The third-order valence-corrected chi connectivity index (χ3v) is 1.85. The second-order valence-electron chi connectivity index (χ2n) is 2.72. The Morgan fingerprint density at radius 1 is 1.57 bits per heavy atom. The summed E-state index contributed by atoms with van der Waals surface area (Å²) in [7, 11) is 0. The van der Waals surface area contributed by atoms with E-state index in [-0.39, 0.29) is 17.7 Å². The number of halogens is 3. The highest BCUT2D eigenvalue weighted by Gasteiger charge is 2.19. The Bertz CT molecular complexity index is 382. The van der Waals surface area contributed by atoms with Crippen molar-refractivity contribution in [2.75, 3.05) is 0 Å². The van der Waals surface area contributed by atoms with Crippen molar-refractivity contribution in [3.8, 4) is 6.07 Å². The van der Waals surface area contributed by atoms with Crippen molar-refractivity contribution in [2.45, 2.75) is 19.8 Å². The predicted octanol–water partition coefficient (Wildman–Crippen LogP) is 2.53. The van der Waals surface area contributed by atoms with Gasteiger partial charge in [-0.1, -0.05) is 0 Å². The molecule has 0 aliphatic heterocycles. The molecular formula is C9H7F3N2. The molecule has 0 aromatic carbocycles. The highest BCUT2D eigenvalue weighted by Crippen LogP contribution is 2.27. The number of rotatable bonds is 2. The van der Waals surface area contributed by atoms with Crippen molar-refractivity contribution in [2.24, 2.45) is 0 Å². The second kappa shape index (κ2) is 4.09. The molecule has 0 bridgehead atoms. The van der Waals surface area contributed by atoms with Gasteiger partial charge in [-0.05, 0) is 6.92 Å². The Morgan fingerprint density at radius 3 is 2.71 bits per heavy atom. The first kappa shape index (κ1) is 10.5. The van der Waals surface area contributed by atoms with E-state index < -0.39 is 17.8 Å². The van der Waals surface area contributed by atoms with Gasteiger partial charge in [0.25, 0.3) is 6.43 Å². The maximum atomic E-state index is 13.0. The van der Waals surface area contributed by atoms with Crippen LogP contribution >= 0.6 is 0 Å². The Kier molecular flexibility index (Phi) is 3.07. The molecule has 2 nitrogen and oxygen atoms in total. The average molecular weight is 200 g/mol. The van der Waals surface area contributed by atoms with Gasteiger partial charge in [0.1, 0.15) is 5.82 Å². The van der Waals surface area contributed by atoms with E-state index in [0.717, 1.165) is 6.20 Å². The number of hydrogen-bond donors (Lipinski definition) is 0. The lowest BCUT2D eigenvalue weighted by Crippen LogP contribution is -2.03. The van der Waals surface area contributed by atoms with Crippen LogP contribution in [0.3, 0.4) is 0 Å².